The fourth-order valence-corrected chi connectivity index (χ4v) is 0.163. The van der Waals surface area contributed by atoms with Gasteiger partial charge in [-0.05, 0) is 6.92 Å². The summed E-state index contributed by atoms with van der Waals surface area (Å²) in [4.78, 5) is 18.3. The largest absolute Gasteiger partial charge is 0.628 e. The zero-order chi connectivity index (χ0) is 8.57. The van der Waals surface area contributed by atoms with E-state index in [1.807, 2.05) is 0 Å². The van der Waals surface area contributed by atoms with Crippen molar-refractivity contribution in [2.45, 2.75) is 6.92 Å². The molecule has 0 aromatic heterocycles. The van der Waals surface area contributed by atoms with E-state index in [0.717, 1.165) is 0 Å². The van der Waals surface area contributed by atoms with Crippen molar-refractivity contribution in [1.29, 1.82) is 0 Å². The van der Waals surface area contributed by atoms with Crippen LogP contribution in [-0.2, 0) is 0 Å². The molecular weight excluding hydrogens is 164 g/mol. The molecule has 0 aliphatic heterocycles. The summed E-state index contributed by atoms with van der Waals surface area (Å²) in [5.74, 6) is 0. The van der Waals surface area contributed by atoms with Crippen LogP contribution in [0.4, 0.5) is 0 Å². The molecule has 0 bridgehead atoms. The highest BCUT2D eigenvalue weighted by atomic mass is 32.2. The van der Waals surface area contributed by atoms with E-state index in [4.69, 9.17) is 25.3 Å². The van der Waals surface area contributed by atoms with E-state index in [1.54, 1.807) is 6.92 Å². The van der Waals surface area contributed by atoms with Crippen LogP contribution in [0.3, 0.4) is 0 Å². The van der Waals surface area contributed by atoms with Gasteiger partial charge in [0.25, 0.3) is 0 Å². The highest BCUT2D eigenvalue weighted by molar-refractivity contribution is 7.87. The number of aliphatic hydroxyl groups is 1. The van der Waals surface area contributed by atoms with Crippen LogP contribution in [-0.4, -0.2) is 20.4 Å². The molecule has 0 atom stereocenters. The van der Waals surface area contributed by atoms with Gasteiger partial charge in [-0.3, -0.25) is 0 Å². The van der Waals surface area contributed by atoms with Crippen LogP contribution < -0.4 is 0 Å². The maximum atomic E-state index is 9.14. The molecule has 8 heteroatoms. The molecule has 0 aromatic carbocycles. The Hall–Kier alpha value is -0.890. The monoisotopic (exact) mass is 170 g/mol. The number of nitrogens with zero attached hydrogens (tertiary/aromatic N) is 2. The highest BCUT2D eigenvalue weighted by Gasteiger charge is 2.14. The van der Waals surface area contributed by atoms with Gasteiger partial charge in [-0.2, -0.15) is 0 Å². The summed E-state index contributed by atoms with van der Waals surface area (Å²) >= 11 is -0.546. The molecule has 0 aromatic rings. The third-order valence-corrected chi connectivity index (χ3v) is 0.400. The summed E-state index contributed by atoms with van der Waals surface area (Å²) < 4.78 is -2.17. The van der Waals surface area contributed by atoms with Gasteiger partial charge in [0.05, 0.1) is 0 Å². The molecule has 0 heterocycles. The average Bonchev–Trinajstić information content (AvgIpc) is 1.62. The normalized spacial score (nSPS) is 7.40. The molecule has 60 valence electrons. The van der Waals surface area contributed by atoms with E-state index < -0.39 is 20.8 Å². The van der Waals surface area contributed by atoms with Crippen molar-refractivity contribution in [2.75, 3.05) is 6.61 Å². The van der Waals surface area contributed by atoms with Crippen LogP contribution in [0.15, 0.2) is 0 Å². The predicted octanol–water partition coefficient (Wildman–Crippen LogP) is 0.102. The molecule has 0 spiro atoms. The highest BCUT2D eigenvalue weighted by Crippen LogP contribution is 1.96. The zero-order valence-corrected chi connectivity index (χ0v) is 5.91. The van der Waals surface area contributed by atoms with Crippen molar-refractivity contribution < 1.29 is 13.8 Å². The van der Waals surface area contributed by atoms with Crippen LogP contribution >= 0.6 is 12.1 Å². The first kappa shape index (κ1) is 11.9. The van der Waals surface area contributed by atoms with Gasteiger partial charge in [0.15, 0.2) is 8.66 Å². The molecule has 0 aliphatic rings. The van der Waals surface area contributed by atoms with Gasteiger partial charge in [0, 0.05) is 6.61 Å². The minimum atomic E-state index is -1.08. The van der Waals surface area contributed by atoms with Gasteiger partial charge >= 0.3 is 12.1 Å². The number of hydrogen-bond acceptors (Lipinski definition) is 6. The first-order valence-electron chi connectivity index (χ1n) is 2.12. The smallest absolute Gasteiger partial charge is 0.397 e. The van der Waals surface area contributed by atoms with E-state index in [-0.39, 0.29) is 6.61 Å². The summed E-state index contributed by atoms with van der Waals surface area (Å²) in [6, 6.07) is 0. The Morgan fingerprint density at radius 1 is 1.40 bits per heavy atom. The second-order valence-corrected chi connectivity index (χ2v) is 1.60. The summed E-state index contributed by atoms with van der Waals surface area (Å²) in [7, 11) is 0. The molecule has 0 fully saturated rings. The Morgan fingerprint density at radius 2 is 1.60 bits per heavy atom. The molecular formula is C2H6N2O5S. The minimum Gasteiger partial charge on any atom is -0.397 e. The first-order chi connectivity index (χ1) is 4.54. The van der Waals surface area contributed by atoms with Crippen LogP contribution in [0.2, 0.25) is 0 Å². The standard InChI is InChI=1S/C2H6O.N2O4S/c1-2-3;3-1(4)7-2(5)6/h3H,2H2,1H3;. The Kier molecular flexibility index (Phi) is 9.61. The van der Waals surface area contributed by atoms with E-state index in [0.29, 0.717) is 0 Å². The Bertz CT molecular complexity index is 104. The average molecular weight is 170 g/mol. The molecule has 1 N–H and O–H groups in total. The molecule has 0 saturated heterocycles. The van der Waals surface area contributed by atoms with Crippen LogP contribution in [0.5, 0.6) is 0 Å². The van der Waals surface area contributed by atoms with E-state index in [2.05, 4.69) is 0 Å². The maximum Gasteiger partial charge on any atom is 0.628 e. The number of aliphatic hydroxyl groups excluding tert-OH is 1. The van der Waals surface area contributed by atoms with Crippen molar-refractivity contribution >= 4 is 12.1 Å². The minimum absolute atomic E-state index is 0.250. The van der Waals surface area contributed by atoms with Gasteiger partial charge < -0.3 is 5.11 Å². The molecule has 0 aliphatic carbocycles. The fraction of sp³-hybridized carbons (Fsp3) is 1.00. The summed E-state index contributed by atoms with van der Waals surface area (Å²) in [5.41, 5.74) is 0. The summed E-state index contributed by atoms with van der Waals surface area (Å²) in [5, 5.41) is 25.8. The topological polar surface area (TPSA) is 107 Å². The van der Waals surface area contributed by atoms with Gasteiger partial charge in [-0.1, -0.05) is 0 Å². The van der Waals surface area contributed by atoms with E-state index in [9.17, 15) is 0 Å². The van der Waals surface area contributed by atoms with Crippen LogP contribution in [0, 0.1) is 20.2 Å². The summed E-state index contributed by atoms with van der Waals surface area (Å²) in [6.07, 6.45) is 0. The van der Waals surface area contributed by atoms with Crippen molar-refractivity contribution in [2.24, 2.45) is 0 Å². The Morgan fingerprint density at radius 3 is 1.60 bits per heavy atom. The molecule has 0 amide bonds. The number of hydrogen-bond donors (Lipinski definition) is 1. The van der Waals surface area contributed by atoms with Crippen LogP contribution in [0.1, 0.15) is 6.92 Å². The second-order valence-electron chi connectivity index (χ2n) is 0.845. The van der Waals surface area contributed by atoms with Crippen LogP contribution in [0.25, 0.3) is 0 Å². The molecule has 10 heavy (non-hydrogen) atoms. The molecule has 0 saturated carbocycles. The maximum absolute atomic E-state index is 9.14. The van der Waals surface area contributed by atoms with Crippen molar-refractivity contribution in [1.82, 2.24) is 0 Å². The van der Waals surface area contributed by atoms with Crippen molar-refractivity contribution in [3.8, 4) is 0 Å². The first-order valence-corrected chi connectivity index (χ1v) is 2.85. The lowest BCUT2D eigenvalue weighted by Gasteiger charge is -1.71. The predicted molar refractivity (Wildman–Crippen MR) is 34.3 cm³/mol. The number of nitro groups is 2. The molecule has 0 unspecified atom stereocenters. The molecule has 0 rings (SSSR count). The quantitative estimate of drug-likeness (QED) is 0.358. The molecule has 0 radical (unpaired) electrons. The van der Waals surface area contributed by atoms with Crippen molar-refractivity contribution in [3.63, 3.8) is 0 Å². The lowest BCUT2D eigenvalue weighted by atomic mass is 10.9. The second kappa shape index (κ2) is 8.11. The lowest BCUT2D eigenvalue weighted by molar-refractivity contribution is -0.389. The fourth-order valence-electron chi connectivity index (χ4n) is 0.0544. The van der Waals surface area contributed by atoms with Gasteiger partial charge in [0.2, 0.25) is 0 Å². The van der Waals surface area contributed by atoms with E-state index >= 15 is 0 Å². The zero-order valence-electron chi connectivity index (χ0n) is 5.09. The Balaban J connectivity index is 0. The van der Waals surface area contributed by atoms with Crippen molar-refractivity contribution in [3.05, 3.63) is 20.2 Å². The third-order valence-electron chi connectivity index (χ3n) is 0.133. The van der Waals surface area contributed by atoms with Gasteiger partial charge in [-0.25, -0.2) is 20.2 Å². The molecule has 7 nitrogen and oxygen atoms in total. The van der Waals surface area contributed by atoms with E-state index in [1.165, 1.54) is 0 Å². The third kappa shape index (κ3) is 27.4. The Labute approximate surface area is 60.6 Å². The van der Waals surface area contributed by atoms with Gasteiger partial charge in [0.1, 0.15) is 0 Å². The summed E-state index contributed by atoms with van der Waals surface area (Å²) in [6.45, 7) is 1.93. The lowest BCUT2D eigenvalue weighted by Crippen LogP contribution is -1.90. The van der Waals surface area contributed by atoms with Gasteiger partial charge in [-0.15, -0.1) is 0 Å². The number of rotatable bonds is 2. The SMILES string of the molecule is CCO.O=[N+]([O-])S[N+](=O)[O-].